The van der Waals surface area contributed by atoms with Gasteiger partial charge >= 0.3 is 5.97 Å². The van der Waals surface area contributed by atoms with Crippen LogP contribution < -0.4 is 16.0 Å². The summed E-state index contributed by atoms with van der Waals surface area (Å²) in [6, 6.07) is -2.36. The van der Waals surface area contributed by atoms with Crippen molar-refractivity contribution in [1.29, 1.82) is 0 Å². The van der Waals surface area contributed by atoms with Gasteiger partial charge in [-0.3, -0.25) is 33.7 Å². The zero-order chi connectivity index (χ0) is 22.8. The normalized spacial score (nSPS) is 15.0. The highest BCUT2D eigenvalue weighted by Gasteiger charge is 2.31. The summed E-state index contributed by atoms with van der Waals surface area (Å²) in [6.45, 7) is 2.40. The van der Waals surface area contributed by atoms with Crippen molar-refractivity contribution in [2.45, 2.75) is 38.8 Å². The number of amides is 5. The van der Waals surface area contributed by atoms with Crippen molar-refractivity contribution in [3.8, 4) is 0 Å². The Hall–Kier alpha value is -3.57. The van der Waals surface area contributed by atoms with Gasteiger partial charge in [-0.25, -0.2) is 0 Å². The highest BCUT2D eigenvalue weighted by Crippen LogP contribution is 2.06. The second-order valence-corrected chi connectivity index (χ2v) is 6.79. The first-order valence-corrected chi connectivity index (χ1v) is 9.13. The molecule has 5 amide bonds. The molecule has 0 saturated heterocycles. The quantitative estimate of drug-likeness (QED) is 0.200. The molecule has 4 N–H and O–H groups in total. The summed E-state index contributed by atoms with van der Waals surface area (Å²) in [5, 5.41) is 15.9. The van der Waals surface area contributed by atoms with Crippen LogP contribution in [0.15, 0.2) is 12.2 Å². The van der Waals surface area contributed by atoms with Crippen molar-refractivity contribution in [3.05, 3.63) is 12.2 Å². The van der Waals surface area contributed by atoms with Gasteiger partial charge < -0.3 is 25.9 Å². The molecule has 0 radical (unpaired) electrons. The van der Waals surface area contributed by atoms with Crippen LogP contribution in [0.2, 0.25) is 0 Å². The lowest BCUT2D eigenvalue weighted by molar-refractivity contribution is -0.141. The zero-order valence-electron chi connectivity index (χ0n) is 16.5. The maximum Gasteiger partial charge on any atom is 0.303 e. The number of nitrogens with zero attached hydrogens (tertiary/aromatic N) is 1. The topological polar surface area (TPSA) is 179 Å². The summed E-state index contributed by atoms with van der Waals surface area (Å²) in [5.74, 6) is -5.24. The molecule has 30 heavy (non-hydrogen) atoms. The van der Waals surface area contributed by atoms with Crippen LogP contribution in [-0.4, -0.2) is 77.0 Å². The fourth-order valence-electron chi connectivity index (χ4n) is 2.55. The van der Waals surface area contributed by atoms with E-state index >= 15 is 0 Å². The number of carboxylic acids is 1. The van der Waals surface area contributed by atoms with Crippen LogP contribution in [0.4, 0.5) is 0 Å². The predicted octanol–water partition coefficient (Wildman–Crippen LogP) is -2.28. The Balaban J connectivity index is 2.84. The minimum atomic E-state index is -1.32. The number of hydrogen-bond acceptors (Lipinski definition) is 7. The lowest BCUT2D eigenvalue weighted by Crippen LogP contribution is -2.56. The lowest BCUT2D eigenvalue weighted by atomic mass is 10.0. The van der Waals surface area contributed by atoms with E-state index in [0.717, 1.165) is 12.2 Å². The molecule has 0 fully saturated rings. The highest BCUT2D eigenvalue weighted by molar-refractivity contribution is 6.14. The van der Waals surface area contributed by atoms with E-state index in [2.05, 4.69) is 16.0 Å². The number of rotatable bonds is 12. The number of carbonyl (C=O) groups excluding carboxylic acids is 6. The molecule has 0 bridgehead atoms. The van der Waals surface area contributed by atoms with Gasteiger partial charge in [0, 0.05) is 18.6 Å². The number of aliphatic carboxylic acids is 1. The van der Waals surface area contributed by atoms with E-state index in [1.165, 1.54) is 0 Å². The molecule has 0 aromatic carbocycles. The molecule has 0 aliphatic carbocycles. The van der Waals surface area contributed by atoms with Crippen LogP contribution >= 0.6 is 0 Å². The summed E-state index contributed by atoms with van der Waals surface area (Å²) in [4.78, 5) is 82.0. The molecular weight excluding hydrogens is 400 g/mol. The van der Waals surface area contributed by atoms with Gasteiger partial charge in [-0.05, 0) is 12.3 Å². The third-order valence-corrected chi connectivity index (χ3v) is 4.11. The summed E-state index contributed by atoms with van der Waals surface area (Å²) < 4.78 is 0. The first kappa shape index (κ1) is 24.5. The Morgan fingerprint density at radius 2 is 1.67 bits per heavy atom. The Bertz CT molecular complexity index is 743. The van der Waals surface area contributed by atoms with Crippen molar-refractivity contribution >= 4 is 41.8 Å². The molecule has 0 spiro atoms. The molecule has 0 saturated carbocycles. The van der Waals surface area contributed by atoms with E-state index in [0.29, 0.717) is 11.2 Å². The highest BCUT2D eigenvalue weighted by atomic mass is 16.4. The van der Waals surface area contributed by atoms with E-state index in [1.54, 1.807) is 13.8 Å². The Kier molecular flexibility index (Phi) is 9.33. The van der Waals surface area contributed by atoms with Crippen molar-refractivity contribution in [2.75, 3.05) is 13.1 Å². The van der Waals surface area contributed by atoms with E-state index < -0.39 is 60.6 Å². The van der Waals surface area contributed by atoms with E-state index in [1.807, 2.05) is 0 Å². The Labute approximate surface area is 172 Å². The van der Waals surface area contributed by atoms with Gasteiger partial charge in [0.1, 0.15) is 24.9 Å². The summed E-state index contributed by atoms with van der Waals surface area (Å²) >= 11 is 0. The van der Waals surface area contributed by atoms with Gasteiger partial charge in [0.25, 0.3) is 11.8 Å². The van der Waals surface area contributed by atoms with Gasteiger partial charge in [-0.2, -0.15) is 0 Å². The maximum absolute atomic E-state index is 12.6. The standard InChI is InChI=1S/C18H24N4O8/c1-10(2)16(18(30)19-7-8-23)21-17(29)11(3-6-15(27)28)20-12(24)9-22-13(25)4-5-14(22)26/h4-5,8,10-11,16H,3,6-7,9H2,1-2H3,(H,19,30)(H,20,24)(H,21,29)(H,27,28). The monoisotopic (exact) mass is 424 g/mol. The van der Waals surface area contributed by atoms with Gasteiger partial charge in [-0.1, -0.05) is 13.8 Å². The lowest BCUT2D eigenvalue weighted by Gasteiger charge is -2.25. The largest absolute Gasteiger partial charge is 0.481 e. The molecule has 1 rings (SSSR count). The van der Waals surface area contributed by atoms with E-state index in [9.17, 15) is 33.6 Å². The molecule has 1 aliphatic heterocycles. The van der Waals surface area contributed by atoms with Crippen molar-refractivity contribution < 1.29 is 38.7 Å². The number of aldehydes is 1. The zero-order valence-corrected chi connectivity index (χ0v) is 16.5. The van der Waals surface area contributed by atoms with Crippen LogP contribution in [0.3, 0.4) is 0 Å². The van der Waals surface area contributed by atoms with Crippen LogP contribution in [0.1, 0.15) is 26.7 Å². The Morgan fingerprint density at radius 3 is 2.17 bits per heavy atom. The molecule has 12 heteroatoms. The maximum atomic E-state index is 12.6. The molecule has 0 aromatic rings. The van der Waals surface area contributed by atoms with Crippen molar-refractivity contribution in [3.63, 3.8) is 0 Å². The van der Waals surface area contributed by atoms with Crippen molar-refractivity contribution in [1.82, 2.24) is 20.9 Å². The van der Waals surface area contributed by atoms with Gasteiger partial charge in [0.15, 0.2) is 0 Å². The van der Waals surface area contributed by atoms with Gasteiger partial charge in [-0.15, -0.1) is 0 Å². The average Bonchev–Trinajstić information content (AvgIpc) is 2.98. The number of imide groups is 1. The SMILES string of the molecule is CC(C)C(NC(=O)C(CCC(=O)O)NC(=O)CN1C(=O)C=CC1=O)C(=O)NCC=O. The molecule has 1 aliphatic rings. The first-order chi connectivity index (χ1) is 14.1. The van der Waals surface area contributed by atoms with E-state index in [-0.39, 0.29) is 18.9 Å². The Morgan fingerprint density at radius 1 is 1.07 bits per heavy atom. The molecule has 0 aromatic heterocycles. The summed E-state index contributed by atoms with van der Waals surface area (Å²) in [5.41, 5.74) is 0. The minimum Gasteiger partial charge on any atom is -0.481 e. The number of nitrogens with one attached hydrogen (secondary N) is 3. The van der Waals surface area contributed by atoms with Gasteiger partial charge in [0.2, 0.25) is 17.7 Å². The average molecular weight is 424 g/mol. The molecule has 164 valence electrons. The molecule has 1 heterocycles. The smallest absolute Gasteiger partial charge is 0.303 e. The molecule has 2 unspecified atom stereocenters. The van der Waals surface area contributed by atoms with Crippen LogP contribution in [-0.2, 0) is 33.6 Å². The fraction of sp³-hybridized carbons (Fsp3) is 0.500. The number of carboxylic acid groups (broad SMARTS) is 1. The molecular formula is C18H24N4O8. The first-order valence-electron chi connectivity index (χ1n) is 9.13. The third-order valence-electron chi connectivity index (χ3n) is 4.11. The van der Waals surface area contributed by atoms with Crippen LogP contribution in [0.25, 0.3) is 0 Å². The fourth-order valence-corrected chi connectivity index (χ4v) is 2.55. The second-order valence-electron chi connectivity index (χ2n) is 6.79. The van der Waals surface area contributed by atoms with E-state index in [4.69, 9.17) is 5.11 Å². The third kappa shape index (κ3) is 7.45. The minimum absolute atomic E-state index is 0.247. The number of carbonyl (C=O) groups is 7. The van der Waals surface area contributed by atoms with Crippen LogP contribution in [0, 0.1) is 5.92 Å². The summed E-state index contributed by atoms with van der Waals surface area (Å²) in [7, 11) is 0. The predicted molar refractivity (Wildman–Crippen MR) is 101 cm³/mol. The molecule has 12 nitrogen and oxygen atoms in total. The van der Waals surface area contributed by atoms with Crippen molar-refractivity contribution in [2.24, 2.45) is 5.92 Å². The van der Waals surface area contributed by atoms with Crippen LogP contribution in [0.5, 0.6) is 0 Å². The molecule has 2 atom stereocenters. The van der Waals surface area contributed by atoms with Gasteiger partial charge in [0.05, 0.1) is 6.54 Å². The second kappa shape index (κ2) is 11.4. The summed E-state index contributed by atoms with van der Waals surface area (Å²) in [6.07, 6.45) is 1.73. The number of hydrogen-bond donors (Lipinski definition) is 4.